The van der Waals surface area contributed by atoms with Gasteiger partial charge in [-0.25, -0.2) is 4.39 Å². The summed E-state index contributed by atoms with van der Waals surface area (Å²) < 4.78 is 23.9. The lowest BCUT2D eigenvalue weighted by molar-refractivity contribution is -0.128. The number of likely N-dealkylation sites (tertiary alicyclic amines) is 1. The lowest BCUT2D eigenvalue weighted by Gasteiger charge is -2.17. The van der Waals surface area contributed by atoms with Gasteiger partial charge < -0.3 is 19.7 Å². The minimum atomic E-state index is -0.336. The molecule has 27 heavy (non-hydrogen) atoms. The van der Waals surface area contributed by atoms with E-state index in [2.05, 4.69) is 5.32 Å². The van der Waals surface area contributed by atoms with Crippen LogP contribution in [0.25, 0.3) is 0 Å². The van der Waals surface area contributed by atoms with Crippen LogP contribution in [0.5, 0.6) is 11.5 Å². The highest BCUT2D eigenvalue weighted by Gasteiger charge is 2.30. The van der Waals surface area contributed by atoms with Crippen LogP contribution in [0.15, 0.2) is 48.5 Å². The molecule has 0 aromatic heterocycles. The Hall–Kier alpha value is -3.09. The third-order valence-electron chi connectivity index (χ3n) is 4.27. The monoisotopic (exact) mass is 372 g/mol. The Bertz CT molecular complexity index is 827. The smallest absolute Gasteiger partial charge is 0.258 e. The zero-order valence-electron chi connectivity index (χ0n) is 15.0. The van der Waals surface area contributed by atoms with Gasteiger partial charge in [-0.1, -0.05) is 24.3 Å². The molecular weight excluding hydrogens is 351 g/mol. The van der Waals surface area contributed by atoms with Crippen molar-refractivity contribution in [3.05, 3.63) is 59.9 Å². The third-order valence-corrected chi connectivity index (χ3v) is 4.27. The summed E-state index contributed by atoms with van der Waals surface area (Å²) >= 11 is 0. The van der Waals surface area contributed by atoms with E-state index in [1.807, 2.05) is 6.07 Å². The maximum atomic E-state index is 13.3. The van der Waals surface area contributed by atoms with Gasteiger partial charge in [0.15, 0.2) is 18.1 Å². The first kappa shape index (κ1) is 18.7. The number of ether oxygens (including phenoxy) is 2. The number of rotatable bonds is 7. The molecule has 7 heteroatoms. The lowest BCUT2D eigenvalue weighted by atomic mass is 10.2. The summed E-state index contributed by atoms with van der Waals surface area (Å²) in [4.78, 5) is 25.9. The molecule has 2 amide bonds. The average Bonchev–Trinajstić information content (AvgIpc) is 2.99. The van der Waals surface area contributed by atoms with Crippen molar-refractivity contribution in [3.8, 4) is 11.5 Å². The fraction of sp³-hybridized carbons (Fsp3) is 0.300. The fourth-order valence-electron chi connectivity index (χ4n) is 3.03. The maximum absolute atomic E-state index is 13.3. The lowest BCUT2D eigenvalue weighted by Crippen LogP contribution is -2.39. The summed E-state index contributed by atoms with van der Waals surface area (Å²) in [5.41, 5.74) is 0.717. The Labute approximate surface area is 156 Å². The Morgan fingerprint density at radius 2 is 2.00 bits per heavy atom. The van der Waals surface area contributed by atoms with Crippen molar-refractivity contribution < 1.29 is 23.5 Å². The van der Waals surface area contributed by atoms with Gasteiger partial charge in [0.05, 0.1) is 13.2 Å². The van der Waals surface area contributed by atoms with Gasteiger partial charge >= 0.3 is 0 Å². The van der Waals surface area contributed by atoms with E-state index in [0.29, 0.717) is 24.6 Å². The number of nitrogens with zero attached hydrogens (tertiary/aromatic N) is 1. The van der Waals surface area contributed by atoms with E-state index in [1.54, 1.807) is 35.2 Å². The number of hydrogen-bond donors (Lipinski definition) is 1. The standard InChI is InChI=1S/C20H21FN2O4/c1-26-17-7-2-3-8-18(17)27-13-19(24)22-16-10-20(25)23(12-16)11-14-5-4-6-15(21)9-14/h2-9,16H,10-13H2,1H3,(H,22,24)/t16-/m0/s1. The molecule has 1 N–H and O–H groups in total. The molecule has 3 rings (SSSR count). The van der Waals surface area contributed by atoms with Crippen LogP contribution < -0.4 is 14.8 Å². The number of hydrogen-bond acceptors (Lipinski definition) is 4. The quantitative estimate of drug-likeness (QED) is 0.809. The zero-order chi connectivity index (χ0) is 19.2. The van der Waals surface area contributed by atoms with Crippen molar-refractivity contribution in [1.29, 1.82) is 0 Å². The van der Waals surface area contributed by atoms with Crippen molar-refractivity contribution in [1.82, 2.24) is 10.2 Å². The van der Waals surface area contributed by atoms with Crippen molar-refractivity contribution in [2.45, 2.75) is 19.0 Å². The highest BCUT2D eigenvalue weighted by atomic mass is 19.1. The number of carbonyl (C=O) groups is 2. The van der Waals surface area contributed by atoms with Gasteiger partial charge in [-0.3, -0.25) is 9.59 Å². The van der Waals surface area contributed by atoms with Gasteiger partial charge in [0.25, 0.3) is 5.91 Å². The first-order valence-corrected chi connectivity index (χ1v) is 8.62. The van der Waals surface area contributed by atoms with Crippen molar-refractivity contribution in [2.24, 2.45) is 0 Å². The number of carbonyl (C=O) groups excluding carboxylic acids is 2. The Morgan fingerprint density at radius 3 is 2.74 bits per heavy atom. The van der Waals surface area contributed by atoms with Crippen LogP contribution in [0.3, 0.4) is 0 Å². The molecule has 1 heterocycles. The van der Waals surface area contributed by atoms with Gasteiger partial charge in [0, 0.05) is 19.5 Å². The van der Waals surface area contributed by atoms with E-state index in [4.69, 9.17) is 9.47 Å². The summed E-state index contributed by atoms with van der Waals surface area (Å²) in [5.74, 6) is 0.298. The van der Waals surface area contributed by atoms with Gasteiger partial charge in [-0.05, 0) is 29.8 Å². The van der Waals surface area contributed by atoms with Crippen LogP contribution in [0.4, 0.5) is 4.39 Å². The van der Waals surface area contributed by atoms with Crippen LogP contribution in [0.1, 0.15) is 12.0 Å². The predicted octanol–water partition coefficient (Wildman–Crippen LogP) is 2.13. The number of amides is 2. The van der Waals surface area contributed by atoms with Gasteiger partial charge in [0.1, 0.15) is 5.82 Å². The Balaban J connectivity index is 1.49. The Morgan fingerprint density at radius 1 is 1.22 bits per heavy atom. The number of nitrogens with one attached hydrogen (secondary N) is 1. The number of methoxy groups -OCH3 is 1. The van der Waals surface area contributed by atoms with Crippen LogP contribution in [0, 0.1) is 5.82 Å². The summed E-state index contributed by atoms with van der Waals surface area (Å²) in [5, 5.41) is 2.80. The molecule has 0 aliphatic carbocycles. The van der Waals surface area contributed by atoms with Crippen LogP contribution in [-0.2, 0) is 16.1 Å². The van der Waals surface area contributed by atoms with Gasteiger partial charge in [-0.2, -0.15) is 0 Å². The zero-order valence-corrected chi connectivity index (χ0v) is 15.0. The molecule has 0 radical (unpaired) electrons. The number of para-hydroxylation sites is 2. The molecule has 1 saturated heterocycles. The molecule has 2 aromatic carbocycles. The normalized spacial score (nSPS) is 16.3. The first-order chi connectivity index (χ1) is 13.0. The van der Waals surface area contributed by atoms with Crippen molar-refractivity contribution in [3.63, 3.8) is 0 Å². The second-order valence-corrected chi connectivity index (χ2v) is 6.31. The number of benzene rings is 2. The average molecular weight is 372 g/mol. The van der Waals surface area contributed by atoms with E-state index in [1.165, 1.54) is 19.2 Å². The minimum Gasteiger partial charge on any atom is -0.493 e. The summed E-state index contributed by atoms with van der Waals surface area (Å²) in [6.45, 7) is 0.533. The highest BCUT2D eigenvalue weighted by molar-refractivity contribution is 5.82. The predicted molar refractivity (Wildman–Crippen MR) is 96.9 cm³/mol. The molecule has 0 saturated carbocycles. The second-order valence-electron chi connectivity index (χ2n) is 6.31. The summed E-state index contributed by atoms with van der Waals surface area (Å²) in [7, 11) is 1.53. The molecular formula is C20H21FN2O4. The Kier molecular flexibility index (Phi) is 5.90. The molecule has 2 aromatic rings. The van der Waals surface area contributed by atoms with Crippen LogP contribution in [0.2, 0.25) is 0 Å². The van der Waals surface area contributed by atoms with E-state index < -0.39 is 0 Å². The molecule has 0 unspecified atom stereocenters. The second kappa shape index (κ2) is 8.53. The van der Waals surface area contributed by atoms with Crippen LogP contribution >= 0.6 is 0 Å². The minimum absolute atomic E-state index is 0.0739. The van der Waals surface area contributed by atoms with E-state index in [0.717, 1.165) is 5.56 Å². The molecule has 1 atom stereocenters. The molecule has 1 aliphatic rings. The number of halogens is 1. The SMILES string of the molecule is COc1ccccc1OCC(=O)N[C@H]1CC(=O)N(Cc2cccc(F)c2)C1. The summed E-state index contributed by atoms with van der Waals surface area (Å²) in [6.07, 6.45) is 0.218. The summed E-state index contributed by atoms with van der Waals surface area (Å²) in [6, 6.07) is 12.9. The molecule has 142 valence electrons. The topological polar surface area (TPSA) is 67.9 Å². The highest BCUT2D eigenvalue weighted by Crippen LogP contribution is 2.25. The molecule has 6 nitrogen and oxygen atoms in total. The van der Waals surface area contributed by atoms with E-state index in [9.17, 15) is 14.0 Å². The van der Waals surface area contributed by atoms with Crippen LogP contribution in [-0.4, -0.2) is 43.0 Å². The van der Waals surface area contributed by atoms with E-state index >= 15 is 0 Å². The van der Waals surface area contributed by atoms with E-state index in [-0.39, 0.29) is 36.7 Å². The van der Waals surface area contributed by atoms with Gasteiger partial charge in [-0.15, -0.1) is 0 Å². The molecule has 0 spiro atoms. The molecule has 0 bridgehead atoms. The fourth-order valence-corrected chi connectivity index (χ4v) is 3.03. The first-order valence-electron chi connectivity index (χ1n) is 8.62. The molecule has 1 aliphatic heterocycles. The van der Waals surface area contributed by atoms with Crippen molar-refractivity contribution >= 4 is 11.8 Å². The largest absolute Gasteiger partial charge is 0.493 e. The maximum Gasteiger partial charge on any atom is 0.258 e. The van der Waals surface area contributed by atoms with Crippen molar-refractivity contribution in [2.75, 3.05) is 20.3 Å². The van der Waals surface area contributed by atoms with Gasteiger partial charge in [0.2, 0.25) is 5.91 Å². The third kappa shape index (κ3) is 4.97. The molecule has 1 fully saturated rings.